The van der Waals surface area contributed by atoms with Crippen LogP contribution in [-0.2, 0) is 9.59 Å². The van der Waals surface area contributed by atoms with Crippen molar-refractivity contribution in [1.29, 1.82) is 0 Å². The van der Waals surface area contributed by atoms with Crippen LogP contribution in [0.25, 0.3) is 0 Å². The molecular formula is C11H20N2O3. The average molecular weight is 228 g/mol. The van der Waals surface area contributed by atoms with Gasteiger partial charge in [-0.25, -0.2) is 4.79 Å². The molecule has 1 aliphatic heterocycles. The third-order valence-electron chi connectivity index (χ3n) is 3.39. The van der Waals surface area contributed by atoms with Crippen molar-refractivity contribution >= 4 is 11.9 Å². The van der Waals surface area contributed by atoms with E-state index in [1.165, 1.54) is 6.92 Å². The van der Waals surface area contributed by atoms with Crippen molar-refractivity contribution in [2.75, 3.05) is 6.54 Å². The van der Waals surface area contributed by atoms with Crippen LogP contribution >= 0.6 is 0 Å². The van der Waals surface area contributed by atoms with Gasteiger partial charge in [0.15, 0.2) is 0 Å². The Bertz CT molecular complexity index is 293. The van der Waals surface area contributed by atoms with Crippen LogP contribution in [0.5, 0.6) is 0 Å². The van der Waals surface area contributed by atoms with Crippen molar-refractivity contribution in [1.82, 2.24) is 10.6 Å². The molecule has 1 fully saturated rings. The number of hydrogen-bond donors (Lipinski definition) is 3. The van der Waals surface area contributed by atoms with Gasteiger partial charge < -0.3 is 15.7 Å². The minimum atomic E-state index is -1.17. The molecule has 3 N–H and O–H groups in total. The third kappa shape index (κ3) is 2.52. The summed E-state index contributed by atoms with van der Waals surface area (Å²) < 4.78 is 0. The molecule has 0 bridgehead atoms. The molecule has 3 atom stereocenters. The first-order valence-electron chi connectivity index (χ1n) is 5.69. The summed E-state index contributed by atoms with van der Waals surface area (Å²) in [6.07, 6.45) is 1.32. The van der Waals surface area contributed by atoms with E-state index in [2.05, 4.69) is 10.6 Å². The van der Waals surface area contributed by atoms with Crippen molar-refractivity contribution in [3.63, 3.8) is 0 Å². The monoisotopic (exact) mass is 228 g/mol. The summed E-state index contributed by atoms with van der Waals surface area (Å²) in [4.78, 5) is 22.9. The van der Waals surface area contributed by atoms with E-state index in [4.69, 9.17) is 5.11 Å². The minimum Gasteiger partial charge on any atom is -0.480 e. The number of hydrogen-bond acceptors (Lipinski definition) is 3. The lowest BCUT2D eigenvalue weighted by atomic mass is 9.96. The first kappa shape index (κ1) is 13.0. The number of nitrogens with one attached hydrogen (secondary N) is 2. The topological polar surface area (TPSA) is 78.4 Å². The lowest BCUT2D eigenvalue weighted by Gasteiger charge is -2.27. The SMILES string of the molecule is CCC(C)(NC(=O)C1NCCC1C)C(=O)O. The molecule has 0 aromatic rings. The van der Waals surface area contributed by atoms with Crippen LogP contribution in [0.1, 0.15) is 33.6 Å². The zero-order chi connectivity index (χ0) is 12.3. The standard InChI is InChI=1S/C11H20N2O3/c1-4-11(3,10(15)16)13-9(14)8-7(2)5-6-12-8/h7-8,12H,4-6H2,1-3H3,(H,13,14)(H,15,16). The number of carbonyl (C=O) groups is 2. The molecule has 0 spiro atoms. The molecule has 1 aliphatic rings. The average Bonchev–Trinajstić information content (AvgIpc) is 2.64. The summed E-state index contributed by atoms with van der Waals surface area (Å²) in [5.41, 5.74) is -1.17. The van der Waals surface area contributed by atoms with E-state index in [0.717, 1.165) is 13.0 Å². The number of rotatable bonds is 4. The molecule has 1 saturated heterocycles. The van der Waals surface area contributed by atoms with Gasteiger partial charge in [0.2, 0.25) is 5.91 Å². The summed E-state index contributed by atoms with van der Waals surface area (Å²) in [7, 11) is 0. The van der Waals surface area contributed by atoms with E-state index >= 15 is 0 Å². The summed E-state index contributed by atoms with van der Waals surface area (Å²) in [6.45, 7) is 6.09. The number of amides is 1. The Labute approximate surface area is 95.6 Å². The van der Waals surface area contributed by atoms with Gasteiger partial charge in [-0.1, -0.05) is 13.8 Å². The van der Waals surface area contributed by atoms with Crippen LogP contribution in [0.2, 0.25) is 0 Å². The van der Waals surface area contributed by atoms with Crippen LogP contribution in [0.4, 0.5) is 0 Å². The van der Waals surface area contributed by atoms with Gasteiger partial charge in [0.05, 0.1) is 6.04 Å². The predicted octanol–water partition coefficient (Wildman–Crippen LogP) is 0.354. The summed E-state index contributed by atoms with van der Waals surface area (Å²) in [6, 6.07) is -0.259. The molecule has 92 valence electrons. The van der Waals surface area contributed by atoms with Crippen molar-refractivity contribution in [2.45, 2.75) is 45.2 Å². The first-order valence-corrected chi connectivity index (χ1v) is 5.69. The predicted molar refractivity (Wildman–Crippen MR) is 60.0 cm³/mol. The fraction of sp³-hybridized carbons (Fsp3) is 0.818. The molecule has 1 heterocycles. The van der Waals surface area contributed by atoms with Crippen molar-refractivity contribution in [3.05, 3.63) is 0 Å². The normalized spacial score (nSPS) is 28.4. The van der Waals surface area contributed by atoms with Gasteiger partial charge in [-0.3, -0.25) is 4.79 Å². The van der Waals surface area contributed by atoms with Gasteiger partial charge in [-0.05, 0) is 32.2 Å². The fourth-order valence-electron chi connectivity index (χ4n) is 1.83. The van der Waals surface area contributed by atoms with E-state index in [9.17, 15) is 9.59 Å². The lowest BCUT2D eigenvalue weighted by molar-refractivity contribution is -0.147. The molecule has 0 aromatic carbocycles. The van der Waals surface area contributed by atoms with Crippen LogP contribution in [0.3, 0.4) is 0 Å². The van der Waals surface area contributed by atoms with Gasteiger partial charge in [-0.15, -0.1) is 0 Å². The molecule has 5 nitrogen and oxygen atoms in total. The molecule has 3 unspecified atom stereocenters. The van der Waals surface area contributed by atoms with Crippen molar-refractivity contribution in [3.8, 4) is 0 Å². The highest BCUT2D eigenvalue weighted by Gasteiger charge is 2.37. The molecule has 1 rings (SSSR count). The summed E-state index contributed by atoms with van der Waals surface area (Å²) in [5, 5.41) is 14.8. The number of aliphatic carboxylic acids is 1. The molecule has 0 aliphatic carbocycles. The van der Waals surface area contributed by atoms with Gasteiger partial charge in [0, 0.05) is 0 Å². The highest BCUT2D eigenvalue weighted by atomic mass is 16.4. The zero-order valence-electron chi connectivity index (χ0n) is 10.0. The molecule has 1 amide bonds. The van der Waals surface area contributed by atoms with E-state index < -0.39 is 11.5 Å². The van der Waals surface area contributed by atoms with Gasteiger partial charge in [0.25, 0.3) is 0 Å². The highest BCUT2D eigenvalue weighted by Crippen LogP contribution is 2.16. The molecular weight excluding hydrogens is 208 g/mol. The maximum absolute atomic E-state index is 11.9. The van der Waals surface area contributed by atoms with Gasteiger partial charge >= 0.3 is 5.97 Å². The second-order valence-electron chi connectivity index (χ2n) is 4.68. The van der Waals surface area contributed by atoms with Crippen LogP contribution < -0.4 is 10.6 Å². The number of carboxylic acids is 1. The van der Waals surface area contributed by atoms with Gasteiger partial charge in [-0.2, -0.15) is 0 Å². The van der Waals surface area contributed by atoms with Crippen LogP contribution in [0, 0.1) is 5.92 Å². The van der Waals surface area contributed by atoms with Crippen molar-refractivity contribution < 1.29 is 14.7 Å². The van der Waals surface area contributed by atoms with E-state index in [1.807, 2.05) is 6.92 Å². The quantitative estimate of drug-likeness (QED) is 0.649. The largest absolute Gasteiger partial charge is 0.480 e. The number of carbonyl (C=O) groups excluding carboxylic acids is 1. The second-order valence-corrected chi connectivity index (χ2v) is 4.68. The maximum Gasteiger partial charge on any atom is 0.329 e. The molecule has 0 aromatic heterocycles. The van der Waals surface area contributed by atoms with E-state index in [1.54, 1.807) is 6.92 Å². The zero-order valence-corrected chi connectivity index (χ0v) is 10.0. The summed E-state index contributed by atoms with van der Waals surface area (Å²) >= 11 is 0. The Kier molecular flexibility index (Phi) is 3.91. The molecule has 16 heavy (non-hydrogen) atoms. The highest BCUT2D eigenvalue weighted by molar-refractivity contribution is 5.89. The second kappa shape index (κ2) is 4.82. The fourth-order valence-corrected chi connectivity index (χ4v) is 1.83. The third-order valence-corrected chi connectivity index (χ3v) is 3.39. The molecule has 5 heteroatoms. The van der Waals surface area contributed by atoms with Crippen LogP contribution in [0.15, 0.2) is 0 Å². The molecule has 0 saturated carbocycles. The Balaban J connectivity index is 2.65. The molecule has 0 radical (unpaired) electrons. The van der Waals surface area contributed by atoms with E-state index in [0.29, 0.717) is 6.42 Å². The number of carboxylic acid groups (broad SMARTS) is 1. The Morgan fingerprint density at radius 3 is 2.56 bits per heavy atom. The van der Waals surface area contributed by atoms with Crippen molar-refractivity contribution in [2.24, 2.45) is 5.92 Å². The maximum atomic E-state index is 11.9. The Morgan fingerprint density at radius 2 is 2.19 bits per heavy atom. The minimum absolute atomic E-state index is 0.211. The Morgan fingerprint density at radius 1 is 1.56 bits per heavy atom. The lowest BCUT2D eigenvalue weighted by Crippen LogP contribution is -2.56. The summed E-state index contributed by atoms with van der Waals surface area (Å²) in [5.74, 6) is -0.944. The van der Waals surface area contributed by atoms with Crippen LogP contribution in [-0.4, -0.2) is 35.1 Å². The first-order chi connectivity index (χ1) is 7.40. The van der Waals surface area contributed by atoms with E-state index in [-0.39, 0.29) is 17.9 Å². The Hall–Kier alpha value is -1.10. The van der Waals surface area contributed by atoms with Gasteiger partial charge in [0.1, 0.15) is 5.54 Å². The smallest absolute Gasteiger partial charge is 0.329 e.